The minimum absolute atomic E-state index is 0.0618. The predicted octanol–water partition coefficient (Wildman–Crippen LogP) is 0.145. The second-order valence-corrected chi connectivity index (χ2v) is 4.91. The summed E-state index contributed by atoms with van der Waals surface area (Å²) in [5.74, 6) is -1.26. The van der Waals surface area contributed by atoms with E-state index in [1.807, 2.05) is 0 Å². The van der Waals surface area contributed by atoms with Crippen molar-refractivity contribution in [1.29, 1.82) is 0 Å². The van der Waals surface area contributed by atoms with Gasteiger partial charge in [-0.1, -0.05) is 6.42 Å². The van der Waals surface area contributed by atoms with Crippen molar-refractivity contribution in [2.45, 2.75) is 25.7 Å². The molecule has 7 nitrogen and oxygen atoms in total. The molecule has 7 heteroatoms. The molecule has 0 aromatic carbocycles. The highest BCUT2D eigenvalue weighted by atomic mass is 16.4. The molecule has 1 amide bonds. The number of hydrogen-bond donors (Lipinski definition) is 3. The second-order valence-electron chi connectivity index (χ2n) is 4.91. The quantitative estimate of drug-likeness (QED) is 0.701. The number of amides is 1. The lowest BCUT2D eigenvalue weighted by Crippen LogP contribution is -2.43. The first-order valence-corrected chi connectivity index (χ1v) is 6.07. The number of carboxylic acid groups (broad SMARTS) is 1. The highest BCUT2D eigenvalue weighted by Crippen LogP contribution is 2.43. The van der Waals surface area contributed by atoms with Crippen LogP contribution in [0.25, 0.3) is 0 Å². The zero-order valence-electron chi connectivity index (χ0n) is 10.3. The molecule has 0 bridgehead atoms. The Morgan fingerprint density at radius 1 is 1.42 bits per heavy atom. The summed E-state index contributed by atoms with van der Waals surface area (Å²) in [6.07, 6.45) is 2.66. The van der Waals surface area contributed by atoms with Crippen LogP contribution in [-0.2, 0) is 4.79 Å². The SMILES string of the molecule is O=C(O)CC1(CNC(=O)c2ccc(=O)[nH]n2)CCC1. The molecule has 3 N–H and O–H groups in total. The van der Waals surface area contributed by atoms with Crippen LogP contribution in [-0.4, -0.2) is 33.7 Å². The van der Waals surface area contributed by atoms with Crippen molar-refractivity contribution in [1.82, 2.24) is 15.5 Å². The van der Waals surface area contributed by atoms with Crippen LogP contribution in [0.5, 0.6) is 0 Å². The largest absolute Gasteiger partial charge is 0.481 e. The van der Waals surface area contributed by atoms with E-state index >= 15 is 0 Å². The van der Waals surface area contributed by atoms with Gasteiger partial charge in [-0.05, 0) is 24.3 Å². The van der Waals surface area contributed by atoms with Crippen molar-refractivity contribution >= 4 is 11.9 Å². The second kappa shape index (κ2) is 5.21. The van der Waals surface area contributed by atoms with Gasteiger partial charge in [-0.25, -0.2) is 5.10 Å². The van der Waals surface area contributed by atoms with Crippen molar-refractivity contribution < 1.29 is 14.7 Å². The monoisotopic (exact) mass is 265 g/mol. The van der Waals surface area contributed by atoms with Crippen LogP contribution in [0.1, 0.15) is 36.2 Å². The molecule has 1 aliphatic rings. The Morgan fingerprint density at radius 3 is 2.63 bits per heavy atom. The summed E-state index contributed by atoms with van der Waals surface area (Å²) in [6.45, 7) is 0.318. The first-order valence-electron chi connectivity index (χ1n) is 6.07. The van der Waals surface area contributed by atoms with E-state index in [2.05, 4.69) is 15.5 Å². The topological polar surface area (TPSA) is 112 Å². The molecule has 0 radical (unpaired) electrons. The zero-order chi connectivity index (χ0) is 13.9. The fourth-order valence-corrected chi connectivity index (χ4v) is 2.24. The average molecular weight is 265 g/mol. The highest BCUT2D eigenvalue weighted by molar-refractivity contribution is 5.92. The van der Waals surface area contributed by atoms with E-state index in [0.717, 1.165) is 19.3 Å². The zero-order valence-corrected chi connectivity index (χ0v) is 10.3. The van der Waals surface area contributed by atoms with E-state index in [-0.39, 0.29) is 23.1 Å². The molecular weight excluding hydrogens is 250 g/mol. The summed E-state index contributed by atoms with van der Waals surface area (Å²) in [7, 11) is 0. The number of hydrogen-bond acceptors (Lipinski definition) is 4. The molecule has 1 aromatic rings. The number of rotatable bonds is 5. The Bertz CT molecular complexity index is 528. The van der Waals surface area contributed by atoms with E-state index in [9.17, 15) is 14.4 Å². The van der Waals surface area contributed by atoms with Crippen LogP contribution in [0.2, 0.25) is 0 Å². The Hall–Kier alpha value is -2.18. The van der Waals surface area contributed by atoms with Gasteiger partial charge in [-0.15, -0.1) is 0 Å². The molecule has 0 aliphatic heterocycles. The molecular formula is C12H15N3O4. The number of nitrogens with zero attached hydrogens (tertiary/aromatic N) is 1. The molecule has 0 spiro atoms. The van der Waals surface area contributed by atoms with Crippen molar-refractivity contribution in [2.24, 2.45) is 5.41 Å². The third kappa shape index (κ3) is 3.18. The van der Waals surface area contributed by atoms with Gasteiger partial charge < -0.3 is 10.4 Å². The average Bonchev–Trinajstić information content (AvgIpc) is 2.32. The molecule has 0 unspecified atom stereocenters. The Labute approximate surface area is 109 Å². The molecule has 19 heavy (non-hydrogen) atoms. The van der Waals surface area contributed by atoms with Crippen LogP contribution in [0, 0.1) is 5.41 Å². The van der Waals surface area contributed by atoms with E-state index in [1.54, 1.807) is 0 Å². The molecule has 1 heterocycles. The van der Waals surface area contributed by atoms with Gasteiger partial charge in [0, 0.05) is 12.6 Å². The maximum absolute atomic E-state index is 11.8. The molecule has 102 valence electrons. The summed E-state index contributed by atoms with van der Waals surface area (Å²) in [5.41, 5.74) is -0.591. The van der Waals surface area contributed by atoms with Crippen LogP contribution in [0.15, 0.2) is 16.9 Å². The van der Waals surface area contributed by atoms with Crippen LogP contribution < -0.4 is 10.9 Å². The Morgan fingerprint density at radius 2 is 2.16 bits per heavy atom. The maximum atomic E-state index is 11.8. The summed E-state index contributed by atoms with van der Waals surface area (Å²) in [4.78, 5) is 33.4. The number of carboxylic acids is 1. The van der Waals surface area contributed by atoms with Crippen LogP contribution in [0.4, 0.5) is 0 Å². The van der Waals surface area contributed by atoms with Gasteiger partial charge in [0.25, 0.3) is 11.5 Å². The Kier molecular flexibility index (Phi) is 3.64. The third-order valence-corrected chi connectivity index (χ3v) is 3.48. The molecule has 1 aromatic heterocycles. The standard InChI is InChI=1S/C12H15N3O4/c16-9-3-2-8(14-15-9)11(19)13-7-12(4-1-5-12)6-10(17)18/h2-3H,1,4-7H2,(H,13,19)(H,15,16)(H,17,18). The first kappa shape index (κ1) is 13.3. The number of carbonyl (C=O) groups excluding carboxylic acids is 1. The molecule has 0 saturated heterocycles. The van der Waals surface area contributed by atoms with Crippen molar-refractivity contribution in [3.05, 3.63) is 28.2 Å². The number of aromatic nitrogens is 2. The first-order chi connectivity index (χ1) is 9.01. The van der Waals surface area contributed by atoms with Gasteiger partial charge in [-0.2, -0.15) is 5.10 Å². The van der Waals surface area contributed by atoms with Crippen molar-refractivity contribution in [3.8, 4) is 0 Å². The van der Waals surface area contributed by atoms with Crippen molar-refractivity contribution in [3.63, 3.8) is 0 Å². The van der Waals surface area contributed by atoms with Crippen molar-refractivity contribution in [2.75, 3.05) is 6.54 Å². The van der Waals surface area contributed by atoms with Gasteiger partial charge in [0.2, 0.25) is 0 Å². The number of aromatic amines is 1. The van der Waals surface area contributed by atoms with Crippen LogP contribution in [0.3, 0.4) is 0 Å². The van der Waals surface area contributed by atoms with E-state index < -0.39 is 11.9 Å². The number of aliphatic carboxylic acids is 1. The lowest BCUT2D eigenvalue weighted by molar-refractivity contribution is -0.141. The molecule has 1 aliphatic carbocycles. The smallest absolute Gasteiger partial charge is 0.303 e. The van der Waals surface area contributed by atoms with Gasteiger partial charge in [0.15, 0.2) is 0 Å². The number of carbonyl (C=O) groups is 2. The molecule has 1 saturated carbocycles. The van der Waals surface area contributed by atoms with Gasteiger partial charge in [0.05, 0.1) is 6.42 Å². The normalized spacial score (nSPS) is 16.4. The fourth-order valence-electron chi connectivity index (χ4n) is 2.24. The van der Waals surface area contributed by atoms with E-state index in [4.69, 9.17) is 5.11 Å². The Balaban J connectivity index is 1.94. The van der Waals surface area contributed by atoms with E-state index in [1.165, 1.54) is 12.1 Å². The van der Waals surface area contributed by atoms with Gasteiger partial charge in [-0.3, -0.25) is 14.4 Å². The lowest BCUT2D eigenvalue weighted by atomic mass is 9.66. The summed E-state index contributed by atoms with van der Waals surface area (Å²) in [5, 5.41) is 17.3. The minimum Gasteiger partial charge on any atom is -0.481 e. The van der Waals surface area contributed by atoms with Crippen LogP contribution >= 0.6 is 0 Å². The van der Waals surface area contributed by atoms with Gasteiger partial charge >= 0.3 is 5.97 Å². The molecule has 0 atom stereocenters. The summed E-state index contributed by atoms with van der Waals surface area (Å²) >= 11 is 0. The number of H-pyrrole nitrogens is 1. The lowest BCUT2D eigenvalue weighted by Gasteiger charge is -2.40. The summed E-state index contributed by atoms with van der Waals surface area (Å²) in [6, 6.07) is 2.55. The number of nitrogens with one attached hydrogen (secondary N) is 2. The predicted molar refractivity (Wildman–Crippen MR) is 65.7 cm³/mol. The molecule has 2 rings (SSSR count). The third-order valence-electron chi connectivity index (χ3n) is 3.48. The van der Waals surface area contributed by atoms with Gasteiger partial charge in [0.1, 0.15) is 5.69 Å². The minimum atomic E-state index is -0.851. The van der Waals surface area contributed by atoms with E-state index in [0.29, 0.717) is 6.54 Å². The highest BCUT2D eigenvalue weighted by Gasteiger charge is 2.39. The summed E-state index contributed by atoms with van der Waals surface area (Å²) < 4.78 is 0. The fraction of sp³-hybridized carbons (Fsp3) is 0.500. The molecule has 1 fully saturated rings. The maximum Gasteiger partial charge on any atom is 0.303 e.